The number of carbonyl (C=O) groups is 2. The van der Waals surface area contributed by atoms with Crippen LogP contribution in [0, 0.1) is 0 Å². The maximum atomic E-state index is 12.2. The van der Waals surface area contributed by atoms with E-state index < -0.39 is 5.97 Å². The molecule has 1 fully saturated rings. The van der Waals surface area contributed by atoms with Gasteiger partial charge in [0.05, 0.1) is 28.5 Å². The fourth-order valence-electron chi connectivity index (χ4n) is 3.17. The van der Waals surface area contributed by atoms with Crippen LogP contribution < -0.4 is 10.6 Å². The Bertz CT molecular complexity index is 920. The summed E-state index contributed by atoms with van der Waals surface area (Å²) in [7, 11) is 0. The molecule has 7 nitrogen and oxygen atoms in total. The number of nitrogens with zero attached hydrogens (tertiary/aromatic N) is 1. The summed E-state index contributed by atoms with van der Waals surface area (Å²) in [5.74, 6) is -0.777. The third-order valence-corrected chi connectivity index (χ3v) is 6.41. The normalized spacial score (nSPS) is 19.4. The first kappa shape index (κ1) is 23.8. The quantitative estimate of drug-likeness (QED) is 0.463. The maximum absolute atomic E-state index is 12.2. The molecule has 2 aliphatic heterocycles. The highest BCUT2D eigenvalue weighted by atomic mass is 35.5. The second kappa shape index (κ2) is 11.7. The van der Waals surface area contributed by atoms with Crippen molar-refractivity contribution in [1.82, 2.24) is 10.2 Å². The monoisotopic (exact) mass is 484 g/mol. The number of amides is 1. The van der Waals surface area contributed by atoms with Crippen LogP contribution in [0.5, 0.6) is 0 Å². The SMILES string of the molecule is O=C(O)/C=C/C1=CC=C(SCC(=O)NCC2CN(Cc3ccc(Cl)c(Cl)c3)CCO2)[NH2+]1. The zero-order valence-corrected chi connectivity index (χ0v) is 19.1. The van der Waals surface area contributed by atoms with Crippen molar-refractivity contribution in [3.63, 3.8) is 0 Å². The van der Waals surface area contributed by atoms with Crippen LogP contribution >= 0.6 is 35.0 Å². The first-order valence-corrected chi connectivity index (χ1v) is 11.5. The Morgan fingerprint density at radius 2 is 2.16 bits per heavy atom. The largest absolute Gasteiger partial charge is 0.478 e. The number of carboxylic acid groups (broad SMARTS) is 1. The molecule has 10 heteroatoms. The van der Waals surface area contributed by atoms with E-state index in [-0.39, 0.29) is 17.8 Å². The minimum absolute atomic E-state index is 0.0703. The van der Waals surface area contributed by atoms with E-state index in [0.29, 0.717) is 23.2 Å². The van der Waals surface area contributed by atoms with Crippen LogP contribution in [-0.4, -0.2) is 60.0 Å². The smallest absolute Gasteiger partial charge is 0.328 e. The summed E-state index contributed by atoms with van der Waals surface area (Å²) >= 11 is 13.5. The molecule has 1 saturated heterocycles. The first-order valence-electron chi connectivity index (χ1n) is 9.74. The summed E-state index contributed by atoms with van der Waals surface area (Å²) in [5, 5.41) is 15.5. The number of hydrogen-bond donors (Lipinski definition) is 3. The van der Waals surface area contributed by atoms with Gasteiger partial charge in [0, 0.05) is 50.5 Å². The number of thioether (sulfide) groups is 1. The zero-order chi connectivity index (χ0) is 22.2. The van der Waals surface area contributed by atoms with Gasteiger partial charge in [0.1, 0.15) is 5.70 Å². The van der Waals surface area contributed by atoms with Gasteiger partial charge < -0.3 is 15.2 Å². The standard InChI is InChI=1S/C21H23Cl2N3O4S/c22-17-4-1-14(9-18(17)23)11-26-7-8-30-16(12-26)10-24-19(27)13-31-20-5-2-15(25-20)3-6-21(28)29/h1-6,9,16,25H,7-8,10-13H2,(H,24,27)(H,28,29)/p+1/b6-3+. The molecule has 1 unspecified atom stereocenters. The van der Waals surface area contributed by atoms with E-state index in [9.17, 15) is 9.59 Å². The zero-order valence-electron chi connectivity index (χ0n) is 16.7. The molecule has 0 saturated carbocycles. The van der Waals surface area contributed by atoms with Gasteiger partial charge in [-0.1, -0.05) is 41.0 Å². The van der Waals surface area contributed by atoms with Crippen molar-refractivity contribution in [2.24, 2.45) is 0 Å². The molecular formula is C21H24Cl2N3O4S+. The molecule has 1 aromatic rings. The molecule has 0 aliphatic carbocycles. The van der Waals surface area contributed by atoms with Gasteiger partial charge in [0.25, 0.3) is 0 Å². The summed E-state index contributed by atoms with van der Waals surface area (Å²) in [4.78, 5) is 25.0. The number of benzene rings is 1. The topological polar surface area (TPSA) is 95.5 Å². The number of allylic oxidation sites excluding steroid dienone is 3. The van der Waals surface area contributed by atoms with E-state index in [4.69, 9.17) is 33.0 Å². The molecule has 166 valence electrons. The van der Waals surface area contributed by atoms with Crippen molar-refractivity contribution in [1.29, 1.82) is 0 Å². The number of quaternary nitrogens is 1. The number of carboxylic acids is 1. The molecule has 3 rings (SSSR count). The Morgan fingerprint density at radius 3 is 2.94 bits per heavy atom. The molecule has 0 spiro atoms. The van der Waals surface area contributed by atoms with Crippen LogP contribution in [-0.2, 0) is 20.9 Å². The van der Waals surface area contributed by atoms with Gasteiger partial charge in [0.2, 0.25) is 5.91 Å². The molecule has 2 heterocycles. The van der Waals surface area contributed by atoms with E-state index in [0.717, 1.165) is 42.0 Å². The Morgan fingerprint density at radius 1 is 1.32 bits per heavy atom. The van der Waals surface area contributed by atoms with Crippen LogP contribution in [0.15, 0.2) is 53.2 Å². The fourth-order valence-corrected chi connectivity index (χ4v) is 4.28. The number of carbonyl (C=O) groups excluding carboxylic acids is 1. The van der Waals surface area contributed by atoms with Crippen molar-refractivity contribution < 1.29 is 24.7 Å². The third kappa shape index (κ3) is 7.99. The number of nitrogens with two attached hydrogens (primary N) is 1. The van der Waals surface area contributed by atoms with Gasteiger partial charge in [-0.05, 0) is 17.7 Å². The number of aliphatic carboxylic acids is 1. The fraction of sp³-hybridized carbons (Fsp3) is 0.333. The van der Waals surface area contributed by atoms with E-state index in [1.807, 2.05) is 29.6 Å². The summed E-state index contributed by atoms with van der Waals surface area (Å²) in [6.45, 7) is 3.34. The average Bonchev–Trinajstić information content (AvgIpc) is 3.20. The maximum Gasteiger partial charge on any atom is 0.328 e. The van der Waals surface area contributed by atoms with Crippen molar-refractivity contribution in [3.05, 3.63) is 68.8 Å². The third-order valence-electron chi connectivity index (χ3n) is 4.68. The molecule has 2 aliphatic rings. The lowest BCUT2D eigenvalue weighted by Gasteiger charge is -2.33. The lowest BCUT2D eigenvalue weighted by molar-refractivity contribution is -0.532. The molecule has 1 amide bonds. The van der Waals surface area contributed by atoms with Crippen molar-refractivity contribution in [2.45, 2.75) is 12.6 Å². The van der Waals surface area contributed by atoms with Crippen LogP contribution in [0.4, 0.5) is 0 Å². The summed E-state index contributed by atoms with van der Waals surface area (Å²) in [6.07, 6.45) is 6.22. The van der Waals surface area contributed by atoms with E-state index in [2.05, 4.69) is 10.2 Å². The van der Waals surface area contributed by atoms with Crippen LogP contribution in [0.3, 0.4) is 0 Å². The Hall–Kier alpha value is -1.81. The summed E-state index contributed by atoms with van der Waals surface area (Å²) in [6, 6.07) is 5.64. The van der Waals surface area contributed by atoms with Gasteiger partial charge in [-0.2, -0.15) is 0 Å². The van der Waals surface area contributed by atoms with Crippen LogP contribution in [0.1, 0.15) is 5.56 Å². The van der Waals surface area contributed by atoms with Gasteiger partial charge in [-0.3, -0.25) is 15.0 Å². The van der Waals surface area contributed by atoms with Crippen molar-refractivity contribution in [3.8, 4) is 0 Å². The minimum atomic E-state index is -0.991. The van der Waals surface area contributed by atoms with Gasteiger partial charge in [-0.25, -0.2) is 4.79 Å². The van der Waals surface area contributed by atoms with E-state index >= 15 is 0 Å². The number of morpholine rings is 1. The highest BCUT2D eigenvalue weighted by Gasteiger charge is 2.22. The number of ether oxygens (including phenoxy) is 1. The molecule has 0 radical (unpaired) electrons. The highest BCUT2D eigenvalue weighted by molar-refractivity contribution is 8.03. The second-order valence-corrected chi connectivity index (χ2v) is 8.98. The molecule has 0 bridgehead atoms. The highest BCUT2D eigenvalue weighted by Crippen LogP contribution is 2.23. The Kier molecular flexibility index (Phi) is 9.01. The van der Waals surface area contributed by atoms with Crippen molar-refractivity contribution in [2.75, 3.05) is 32.0 Å². The van der Waals surface area contributed by atoms with Gasteiger partial charge >= 0.3 is 5.97 Å². The number of nitrogens with one attached hydrogen (secondary N) is 1. The number of hydrogen-bond acceptors (Lipinski definition) is 5. The summed E-state index contributed by atoms with van der Waals surface area (Å²) < 4.78 is 5.79. The van der Waals surface area contributed by atoms with Gasteiger partial charge in [-0.15, -0.1) is 0 Å². The van der Waals surface area contributed by atoms with E-state index in [1.165, 1.54) is 17.8 Å². The Labute approximate surface area is 195 Å². The minimum Gasteiger partial charge on any atom is -0.478 e. The number of halogens is 2. The molecule has 4 N–H and O–H groups in total. The number of rotatable bonds is 9. The molecule has 1 aromatic carbocycles. The second-order valence-electron chi connectivity index (χ2n) is 7.12. The van der Waals surface area contributed by atoms with E-state index in [1.54, 1.807) is 6.07 Å². The van der Waals surface area contributed by atoms with Crippen LogP contribution in [0.25, 0.3) is 0 Å². The lowest BCUT2D eigenvalue weighted by Crippen LogP contribution is -2.77. The average molecular weight is 485 g/mol. The van der Waals surface area contributed by atoms with Crippen molar-refractivity contribution >= 4 is 46.8 Å². The van der Waals surface area contributed by atoms with Gasteiger partial charge in [0.15, 0.2) is 5.03 Å². The lowest BCUT2D eigenvalue weighted by atomic mass is 10.2. The first-order chi connectivity index (χ1) is 14.9. The predicted octanol–water partition coefficient (Wildman–Crippen LogP) is 1.99. The summed E-state index contributed by atoms with van der Waals surface area (Å²) in [5.41, 5.74) is 1.88. The molecular weight excluding hydrogens is 461 g/mol. The predicted molar refractivity (Wildman–Crippen MR) is 122 cm³/mol. The Balaban J connectivity index is 1.35. The molecule has 1 atom stereocenters. The molecule has 0 aromatic heterocycles. The van der Waals surface area contributed by atoms with Crippen LogP contribution in [0.2, 0.25) is 10.0 Å². The molecule has 31 heavy (non-hydrogen) atoms.